The molecule has 0 atom stereocenters. The zero-order chi connectivity index (χ0) is 10.8. The molecule has 0 saturated carbocycles. The van der Waals surface area contributed by atoms with Crippen molar-refractivity contribution in [3.63, 3.8) is 0 Å². The molecular weight excluding hydrogens is 238 g/mol. The van der Waals surface area contributed by atoms with Crippen molar-refractivity contribution in [2.24, 2.45) is 7.05 Å². The number of halogens is 1. The Morgan fingerprint density at radius 1 is 1.53 bits per heavy atom. The number of H-pyrrole nitrogens is 1. The molecule has 15 heavy (non-hydrogen) atoms. The van der Waals surface area contributed by atoms with E-state index in [4.69, 9.17) is 11.6 Å². The van der Waals surface area contributed by atoms with Gasteiger partial charge in [-0.2, -0.15) is 0 Å². The smallest absolute Gasteiger partial charge is 0.273 e. The van der Waals surface area contributed by atoms with Gasteiger partial charge in [-0.1, -0.05) is 11.6 Å². The predicted octanol–water partition coefficient (Wildman–Crippen LogP) is 0.703. The Morgan fingerprint density at radius 2 is 2.33 bits per heavy atom. The first-order chi connectivity index (χ1) is 7.16. The summed E-state index contributed by atoms with van der Waals surface area (Å²) in [7, 11) is 1.62. The van der Waals surface area contributed by atoms with Crippen LogP contribution in [0.5, 0.6) is 0 Å². The maximum atomic E-state index is 11.1. The van der Waals surface area contributed by atoms with Crippen LogP contribution in [0.3, 0.4) is 0 Å². The van der Waals surface area contributed by atoms with Gasteiger partial charge in [-0.05, 0) is 11.8 Å². The van der Waals surface area contributed by atoms with Gasteiger partial charge in [-0.3, -0.25) is 4.57 Å². The van der Waals surface area contributed by atoms with Crippen LogP contribution in [-0.4, -0.2) is 24.7 Å². The van der Waals surface area contributed by atoms with Crippen molar-refractivity contribution < 1.29 is 0 Å². The van der Waals surface area contributed by atoms with Gasteiger partial charge in [0.05, 0.1) is 0 Å². The molecule has 2 rings (SSSR count). The van der Waals surface area contributed by atoms with Crippen molar-refractivity contribution in [2.75, 3.05) is 0 Å². The van der Waals surface area contributed by atoms with Crippen LogP contribution in [0.25, 0.3) is 0 Å². The van der Waals surface area contributed by atoms with Crippen molar-refractivity contribution in [1.29, 1.82) is 0 Å². The van der Waals surface area contributed by atoms with Crippen molar-refractivity contribution in [3.8, 4) is 0 Å². The number of hydrogen-bond acceptors (Lipinski definition) is 5. The molecule has 0 radical (unpaired) electrons. The van der Waals surface area contributed by atoms with E-state index in [2.05, 4.69) is 20.2 Å². The van der Waals surface area contributed by atoms with Gasteiger partial charge in [0.25, 0.3) is 0 Å². The highest BCUT2D eigenvalue weighted by Crippen LogP contribution is 2.23. The molecule has 0 aliphatic rings. The number of rotatable bonds is 2. The molecule has 0 saturated heterocycles. The second kappa shape index (κ2) is 4.03. The molecule has 0 aliphatic carbocycles. The summed E-state index contributed by atoms with van der Waals surface area (Å²) in [5.41, 5.74) is -0.266. The monoisotopic (exact) mass is 243 g/mol. The highest BCUT2D eigenvalue weighted by molar-refractivity contribution is 7.99. The van der Waals surface area contributed by atoms with Crippen molar-refractivity contribution >= 4 is 23.4 Å². The SMILES string of the molecule is Cn1c(Sc2cc(Cl)ncn2)n[nH]c1=O. The summed E-state index contributed by atoms with van der Waals surface area (Å²) in [6, 6.07) is 1.60. The minimum absolute atomic E-state index is 0.266. The van der Waals surface area contributed by atoms with E-state index in [1.54, 1.807) is 13.1 Å². The molecule has 0 spiro atoms. The number of nitrogens with one attached hydrogen (secondary N) is 1. The van der Waals surface area contributed by atoms with Crippen LogP contribution in [0.1, 0.15) is 0 Å². The second-order valence-corrected chi connectivity index (χ2v) is 4.03. The lowest BCUT2D eigenvalue weighted by molar-refractivity contribution is 0.764. The van der Waals surface area contributed by atoms with Crippen LogP contribution >= 0.6 is 23.4 Å². The fourth-order valence-electron chi connectivity index (χ4n) is 0.890. The molecule has 0 amide bonds. The first kappa shape index (κ1) is 10.2. The topological polar surface area (TPSA) is 76.5 Å². The summed E-state index contributed by atoms with van der Waals surface area (Å²) >= 11 is 6.93. The number of aromatic nitrogens is 5. The molecular formula is C7H6ClN5OS. The summed E-state index contributed by atoms with van der Waals surface area (Å²) in [4.78, 5) is 18.8. The van der Waals surface area contributed by atoms with Gasteiger partial charge < -0.3 is 0 Å². The highest BCUT2D eigenvalue weighted by atomic mass is 35.5. The van der Waals surface area contributed by atoms with E-state index < -0.39 is 0 Å². The van der Waals surface area contributed by atoms with Crippen LogP contribution in [0.15, 0.2) is 27.4 Å². The van der Waals surface area contributed by atoms with Gasteiger partial charge in [-0.15, -0.1) is 5.10 Å². The van der Waals surface area contributed by atoms with Gasteiger partial charge >= 0.3 is 5.69 Å². The molecule has 0 fully saturated rings. The third-order valence-corrected chi connectivity index (χ3v) is 2.83. The molecule has 8 heteroatoms. The molecule has 2 aromatic rings. The van der Waals surface area contributed by atoms with Crippen LogP contribution in [0.2, 0.25) is 5.15 Å². The Hall–Kier alpha value is -1.34. The lowest BCUT2D eigenvalue weighted by Gasteiger charge is -1.98. The first-order valence-electron chi connectivity index (χ1n) is 3.93. The minimum atomic E-state index is -0.266. The van der Waals surface area contributed by atoms with Crippen LogP contribution in [0, 0.1) is 0 Å². The van der Waals surface area contributed by atoms with Crippen LogP contribution in [0.4, 0.5) is 0 Å². The predicted molar refractivity (Wildman–Crippen MR) is 55.0 cm³/mol. The summed E-state index contributed by atoms with van der Waals surface area (Å²) in [5, 5.41) is 7.67. The third kappa shape index (κ3) is 2.18. The Morgan fingerprint density at radius 3 is 2.93 bits per heavy atom. The largest absolute Gasteiger partial charge is 0.343 e. The fourth-order valence-corrected chi connectivity index (χ4v) is 1.87. The molecule has 78 valence electrons. The molecule has 2 heterocycles. The Balaban J connectivity index is 2.29. The lowest BCUT2D eigenvalue weighted by atomic mass is 10.7. The number of aromatic amines is 1. The molecule has 1 N–H and O–H groups in total. The Labute approximate surface area is 93.7 Å². The fraction of sp³-hybridized carbons (Fsp3) is 0.143. The summed E-state index contributed by atoms with van der Waals surface area (Å²) in [5.74, 6) is 0. The van der Waals surface area contributed by atoms with Gasteiger partial charge in [0.2, 0.25) is 0 Å². The maximum Gasteiger partial charge on any atom is 0.343 e. The Kier molecular flexibility index (Phi) is 2.74. The minimum Gasteiger partial charge on any atom is -0.273 e. The number of nitrogens with zero attached hydrogens (tertiary/aromatic N) is 4. The average molecular weight is 244 g/mol. The van der Waals surface area contributed by atoms with Gasteiger partial charge in [0.15, 0.2) is 5.16 Å². The van der Waals surface area contributed by atoms with Gasteiger partial charge in [-0.25, -0.2) is 19.9 Å². The quantitative estimate of drug-likeness (QED) is 0.786. The Bertz CT molecular complexity index is 536. The van der Waals surface area contributed by atoms with Gasteiger partial charge in [0, 0.05) is 13.1 Å². The van der Waals surface area contributed by atoms with Crippen molar-refractivity contribution in [2.45, 2.75) is 10.2 Å². The standard InChI is InChI=1S/C7H6ClN5OS/c1-13-6(14)11-12-7(13)15-5-2-4(8)9-3-10-5/h2-3H,1H3,(H,11,14). The van der Waals surface area contributed by atoms with E-state index in [1.807, 2.05) is 0 Å². The summed E-state index contributed by atoms with van der Waals surface area (Å²) in [6.07, 6.45) is 1.36. The van der Waals surface area contributed by atoms with E-state index in [0.717, 1.165) is 0 Å². The van der Waals surface area contributed by atoms with E-state index in [0.29, 0.717) is 15.3 Å². The van der Waals surface area contributed by atoms with Crippen LogP contribution in [-0.2, 0) is 7.05 Å². The van der Waals surface area contributed by atoms with E-state index >= 15 is 0 Å². The van der Waals surface area contributed by atoms with E-state index in [1.165, 1.54) is 22.7 Å². The summed E-state index contributed by atoms with van der Waals surface area (Å²) in [6.45, 7) is 0. The molecule has 2 aromatic heterocycles. The molecule has 6 nitrogen and oxygen atoms in total. The van der Waals surface area contributed by atoms with Crippen LogP contribution < -0.4 is 5.69 Å². The van der Waals surface area contributed by atoms with E-state index in [9.17, 15) is 4.79 Å². The zero-order valence-electron chi connectivity index (χ0n) is 7.64. The molecule has 0 unspecified atom stereocenters. The first-order valence-corrected chi connectivity index (χ1v) is 5.13. The normalized spacial score (nSPS) is 10.5. The molecule has 0 aromatic carbocycles. The van der Waals surface area contributed by atoms with Crippen molar-refractivity contribution in [3.05, 3.63) is 28.0 Å². The highest BCUT2D eigenvalue weighted by Gasteiger charge is 2.07. The summed E-state index contributed by atoms with van der Waals surface area (Å²) < 4.78 is 1.39. The number of hydrogen-bond donors (Lipinski definition) is 1. The second-order valence-electron chi connectivity index (χ2n) is 2.65. The lowest BCUT2D eigenvalue weighted by Crippen LogP contribution is -2.12. The third-order valence-electron chi connectivity index (χ3n) is 1.64. The average Bonchev–Trinajstić information content (AvgIpc) is 2.50. The maximum absolute atomic E-state index is 11.1. The molecule has 0 aliphatic heterocycles. The van der Waals surface area contributed by atoms with Crippen molar-refractivity contribution in [1.82, 2.24) is 24.7 Å². The van der Waals surface area contributed by atoms with Gasteiger partial charge in [0.1, 0.15) is 16.5 Å². The van der Waals surface area contributed by atoms with E-state index in [-0.39, 0.29) is 5.69 Å². The molecule has 0 bridgehead atoms. The zero-order valence-corrected chi connectivity index (χ0v) is 9.21.